The average molecular weight is 1150 g/mol. The molecule has 0 spiro atoms. The van der Waals surface area contributed by atoms with Crippen LogP contribution in [0.3, 0.4) is 0 Å². The molecule has 0 saturated carbocycles. The van der Waals surface area contributed by atoms with E-state index in [1.165, 1.54) is 0 Å². The molecule has 2 amide bonds. The van der Waals surface area contributed by atoms with Gasteiger partial charge in [0.25, 0.3) is 0 Å². The van der Waals surface area contributed by atoms with Crippen molar-refractivity contribution in [1.29, 1.82) is 0 Å². The number of anilines is 1. The number of fused-ring (bicyclic) bond motifs is 2. The number of carboxylic acids is 2. The van der Waals surface area contributed by atoms with Crippen LogP contribution < -0.4 is 4.90 Å². The highest BCUT2D eigenvalue weighted by molar-refractivity contribution is 5.97. The van der Waals surface area contributed by atoms with Crippen LogP contribution in [0.4, 0.5) is 5.69 Å². The number of rotatable bonds is 57. The van der Waals surface area contributed by atoms with Gasteiger partial charge in [-0.05, 0) is 23.8 Å². The molecule has 2 aromatic carbocycles. The molecule has 24 heteroatoms. The van der Waals surface area contributed by atoms with Gasteiger partial charge in [-0.2, -0.15) is 0 Å². The molecule has 0 atom stereocenters. The molecule has 0 aromatic heterocycles. The highest BCUT2D eigenvalue weighted by atomic mass is 16.6. The summed E-state index contributed by atoms with van der Waals surface area (Å²) in [6.07, 6.45) is -0.0327. The summed E-state index contributed by atoms with van der Waals surface area (Å²) in [7, 11) is 0. The van der Waals surface area contributed by atoms with Crippen molar-refractivity contribution in [3.63, 3.8) is 0 Å². The highest BCUT2D eigenvalue weighted by Gasteiger charge is 2.23. The van der Waals surface area contributed by atoms with Crippen LogP contribution in [0.1, 0.15) is 42.4 Å². The summed E-state index contributed by atoms with van der Waals surface area (Å²) in [5.74, 6) is 4.31. The monoisotopic (exact) mass is 1150 g/mol. The fourth-order valence-corrected chi connectivity index (χ4v) is 7.03. The van der Waals surface area contributed by atoms with E-state index in [-0.39, 0.29) is 63.9 Å². The lowest BCUT2D eigenvalue weighted by Crippen LogP contribution is -2.38. The largest absolute Gasteiger partial charge is 0.481 e. The molecule has 81 heavy (non-hydrogen) atoms. The molecule has 0 radical (unpaired) electrons. The number of carbonyl (C=O) groups excluding carboxylic acids is 2. The van der Waals surface area contributed by atoms with Gasteiger partial charge in [0, 0.05) is 37.1 Å². The Bertz CT molecular complexity index is 1910. The van der Waals surface area contributed by atoms with Gasteiger partial charge in [0.05, 0.1) is 236 Å². The average Bonchev–Trinajstić information content (AvgIpc) is 3.64. The van der Waals surface area contributed by atoms with Crippen LogP contribution in [0.2, 0.25) is 0 Å². The summed E-state index contributed by atoms with van der Waals surface area (Å²) in [6.45, 7) is 12.9. The normalized spacial score (nSPS) is 11.9. The number of aliphatic carboxylic acids is 2. The van der Waals surface area contributed by atoms with Crippen molar-refractivity contribution < 1.29 is 105 Å². The van der Waals surface area contributed by atoms with Gasteiger partial charge in [-0.15, -0.1) is 0 Å². The van der Waals surface area contributed by atoms with E-state index in [0.717, 1.165) is 16.7 Å². The second kappa shape index (κ2) is 50.9. The Hall–Kier alpha value is -4.76. The molecule has 1 heterocycles. The summed E-state index contributed by atoms with van der Waals surface area (Å²) in [5.41, 5.74) is 3.25. The Morgan fingerprint density at radius 1 is 0.358 bits per heavy atom. The maximum absolute atomic E-state index is 13.9. The first-order valence-electron chi connectivity index (χ1n) is 27.8. The minimum atomic E-state index is -0.892. The first-order valence-corrected chi connectivity index (χ1v) is 27.8. The van der Waals surface area contributed by atoms with Gasteiger partial charge in [0.2, 0.25) is 11.8 Å². The second-order valence-corrected chi connectivity index (χ2v) is 17.4. The lowest BCUT2D eigenvalue weighted by molar-refractivity contribution is -0.139. The van der Waals surface area contributed by atoms with Crippen LogP contribution in [0.25, 0.3) is 0 Å². The fourth-order valence-electron chi connectivity index (χ4n) is 7.03. The molecule has 458 valence electrons. The lowest BCUT2D eigenvalue weighted by atomic mass is 10.0. The summed E-state index contributed by atoms with van der Waals surface area (Å²) in [4.78, 5) is 51.9. The molecule has 3 rings (SSSR count). The first kappa shape index (κ1) is 70.5. The van der Waals surface area contributed by atoms with E-state index >= 15 is 0 Å². The minimum absolute atomic E-state index is 0.00760. The Morgan fingerprint density at radius 2 is 0.642 bits per heavy atom. The quantitative estimate of drug-likeness (QED) is 0.0713. The van der Waals surface area contributed by atoms with Crippen molar-refractivity contribution in [2.24, 2.45) is 0 Å². The molecular formula is C57H88N2O22. The lowest BCUT2D eigenvalue weighted by Gasteiger charge is -2.27. The predicted molar refractivity (Wildman–Crippen MR) is 293 cm³/mol. The summed E-state index contributed by atoms with van der Waals surface area (Å²) in [5, 5.41) is 17.1. The zero-order valence-corrected chi connectivity index (χ0v) is 47.1. The zero-order chi connectivity index (χ0) is 57.7. The molecule has 2 N–H and O–H groups in total. The van der Waals surface area contributed by atoms with Crippen molar-refractivity contribution in [2.75, 3.05) is 229 Å². The number of carboxylic acid groups (broad SMARTS) is 2. The number of hydrogen-bond donors (Lipinski definition) is 2. The Labute approximate surface area is 476 Å². The zero-order valence-electron chi connectivity index (χ0n) is 47.1. The molecule has 1 aliphatic rings. The Morgan fingerprint density at radius 3 is 0.988 bits per heavy atom. The molecule has 24 nitrogen and oxygen atoms in total. The van der Waals surface area contributed by atoms with E-state index in [9.17, 15) is 19.2 Å². The van der Waals surface area contributed by atoms with Crippen molar-refractivity contribution in [1.82, 2.24) is 4.90 Å². The van der Waals surface area contributed by atoms with E-state index in [1.807, 2.05) is 48.5 Å². The third kappa shape index (κ3) is 39.4. The third-order valence-electron chi connectivity index (χ3n) is 11.2. The summed E-state index contributed by atoms with van der Waals surface area (Å²) in [6, 6.07) is 15.3. The SMILES string of the molecule is O=C(O)CCOCCOCCOCCOCCOCCOCCOCCOCCN(CCOCCOCCOCCOCCOCCOCCOCCOCCC(=O)O)C(=O)CCC(=O)N1Cc2ccccc2C#Cc2ccccc21. The van der Waals surface area contributed by atoms with Crippen LogP contribution >= 0.6 is 0 Å². The number of carbonyl (C=O) groups is 4. The van der Waals surface area contributed by atoms with Crippen LogP contribution in [0, 0.1) is 11.8 Å². The fraction of sp³-hybridized carbons (Fsp3) is 0.684. The Balaban J connectivity index is 1.22. The van der Waals surface area contributed by atoms with Gasteiger partial charge in [-0.25, -0.2) is 0 Å². The number of hydrogen-bond acceptors (Lipinski definition) is 20. The number of ether oxygens (including phenoxy) is 16. The minimum Gasteiger partial charge on any atom is -0.481 e. The maximum atomic E-state index is 13.9. The van der Waals surface area contributed by atoms with Crippen molar-refractivity contribution in [3.05, 3.63) is 65.2 Å². The van der Waals surface area contributed by atoms with Crippen molar-refractivity contribution in [3.8, 4) is 11.8 Å². The number of amides is 2. The van der Waals surface area contributed by atoms with Crippen LogP contribution in [0.5, 0.6) is 0 Å². The molecule has 0 aliphatic carbocycles. The van der Waals surface area contributed by atoms with Crippen molar-refractivity contribution in [2.45, 2.75) is 32.2 Å². The van der Waals surface area contributed by atoms with Gasteiger partial charge in [0.1, 0.15) is 0 Å². The van der Waals surface area contributed by atoms with Gasteiger partial charge in [0.15, 0.2) is 0 Å². The van der Waals surface area contributed by atoms with E-state index in [2.05, 4.69) is 11.8 Å². The van der Waals surface area contributed by atoms with Gasteiger partial charge in [-0.1, -0.05) is 42.2 Å². The van der Waals surface area contributed by atoms with Gasteiger partial charge < -0.3 is 95.8 Å². The molecule has 0 unspecified atom stereocenters. The van der Waals surface area contributed by atoms with Crippen LogP contribution in [-0.4, -0.2) is 263 Å². The Kier molecular flexibility index (Phi) is 44.3. The molecule has 2 aromatic rings. The molecule has 0 bridgehead atoms. The second-order valence-electron chi connectivity index (χ2n) is 17.4. The first-order chi connectivity index (χ1) is 39.8. The van der Waals surface area contributed by atoms with Crippen LogP contribution in [0.15, 0.2) is 48.5 Å². The topological polar surface area (TPSA) is 263 Å². The maximum Gasteiger partial charge on any atom is 0.305 e. The predicted octanol–water partition coefficient (Wildman–Crippen LogP) is 2.76. The number of para-hydroxylation sites is 1. The molecule has 0 fully saturated rings. The van der Waals surface area contributed by atoms with E-state index in [0.29, 0.717) is 210 Å². The highest BCUT2D eigenvalue weighted by Crippen LogP contribution is 2.26. The molecule has 0 saturated heterocycles. The standard InChI is InChI=1S/C57H88N2O22/c60-54(11-12-55(61)59-49-52-7-2-1-5-50(52)9-10-51-6-3-4-8-53(51)59)58(15-19-68-23-27-72-31-35-76-39-43-80-47-45-78-41-37-74-33-29-70-25-21-66-17-13-56(62)63)16-20-69-24-28-73-32-36-77-40-44-81-48-46-79-42-38-75-34-30-71-26-22-67-18-14-57(64)65/h1-8H,11-49H2,(H,62,63)(H,64,65). The van der Waals surface area contributed by atoms with E-state index < -0.39 is 11.9 Å². The number of nitrogens with zero attached hydrogens (tertiary/aromatic N) is 2. The van der Waals surface area contributed by atoms with Gasteiger partial charge >= 0.3 is 11.9 Å². The molecule has 1 aliphatic heterocycles. The van der Waals surface area contributed by atoms with E-state index in [4.69, 9.17) is 86.0 Å². The third-order valence-corrected chi connectivity index (χ3v) is 11.2. The van der Waals surface area contributed by atoms with E-state index in [1.54, 1.807) is 9.80 Å². The number of benzene rings is 2. The summed E-state index contributed by atoms with van der Waals surface area (Å²) < 4.78 is 88.0. The van der Waals surface area contributed by atoms with Crippen LogP contribution in [-0.2, 0) is 102 Å². The van der Waals surface area contributed by atoms with Gasteiger partial charge in [-0.3, -0.25) is 19.2 Å². The molecular weight excluding hydrogens is 1060 g/mol. The van der Waals surface area contributed by atoms with Crippen molar-refractivity contribution >= 4 is 29.4 Å². The smallest absolute Gasteiger partial charge is 0.305 e. The summed E-state index contributed by atoms with van der Waals surface area (Å²) >= 11 is 0.